The maximum Gasteiger partial charge on any atom is 0.366 e. The lowest BCUT2D eigenvalue weighted by Gasteiger charge is -2.10. The Kier molecular flexibility index (Phi) is 6.90. The molecule has 0 bridgehead atoms. The van der Waals surface area contributed by atoms with Crippen LogP contribution >= 0.6 is 0 Å². The molecule has 0 spiro atoms. The molecular formula is C31H24N2O4. The quantitative estimate of drug-likeness (QED) is 0.137. The van der Waals surface area contributed by atoms with Crippen molar-refractivity contribution in [2.75, 3.05) is 7.11 Å². The van der Waals surface area contributed by atoms with Gasteiger partial charge >= 0.3 is 5.97 Å². The van der Waals surface area contributed by atoms with Crippen LogP contribution in [0.15, 0.2) is 113 Å². The summed E-state index contributed by atoms with van der Waals surface area (Å²) in [5.74, 6) is 0.472. The Balaban J connectivity index is 1.36. The van der Waals surface area contributed by atoms with Crippen molar-refractivity contribution in [3.63, 3.8) is 0 Å². The third-order valence-electron chi connectivity index (χ3n) is 5.81. The number of rotatable bonds is 7. The molecular weight excluding hydrogens is 464 g/mol. The summed E-state index contributed by atoms with van der Waals surface area (Å²) in [5.41, 5.74) is 5.59. The molecule has 0 N–H and O–H groups in total. The fourth-order valence-corrected chi connectivity index (χ4v) is 3.79. The number of methoxy groups -OCH3 is 1. The monoisotopic (exact) mass is 488 g/mol. The lowest BCUT2D eigenvalue weighted by Crippen LogP contribution is -2.11. The summed E-state index contributed by atoms with van der Waals surface area (Å²) in [6.07, 6.45) is 1.64. The average Bonchev–Trinajstić information content (AvgIpc) is 3.44. The highest BCUT2D eigenvalue weighted by atomic mass is 16.6. The average molecular weight is 489 g/mol. The van der Waals surface area contributed by atoms with Crippen LogP contribution < -0.4 is 9.47 Å². The predicted molar refractivity (Wildman–Crippen MR) is 144 cm³/mol. The first kappa shape index (κ1) is 23.8. The van der Waals surface area contributed by atoms with Gasteiger partial charge in [0, 0.05) is 23.4 Å². The molecule has 0 atom stereocenters. The highest BCUT2D eigenvalue weighted by Gasteiger charge is 2.20. The van der Waals surface area contributed by atoms with Crippen LogP contribution in [0.1, 0.15) is 21.6 Å². The van der Waals surface area contributed by atoms with Gasteiger partial charge in [-0.25, -0.2) is 4.79 Å². The third kappa shape index (κ3) is 5.49. The molecule has 0 radical (unpaired) electrons. The van der Waals surface area contributed by atoms with Crippen LogP contribution in [-0.2, 0) is 0 Å². The fourth-order valence-electron chi connectivity index (χ4n) is 3.79. The van der Waals surface area contributed by atoms with Gasteiger partial charge < -0.3 is 14.0 Å². The molecule has 0 fully saturated rings. The number of ether oxygens (including phenoxy) is 2. The summed E-state index contributed by atoms with van der Waals surface area (Å²) in [6, 6.07) is 32.7. The molecule has 0 saturated carbocycles. The Bertz CT molecular complexity index is 1540. The van der Waals surface area contributed by atoms with Crippen LogP contribution in [0.3, 0.4) is 0 Å². The van der Waals surface area contributed by atoms with Crippen LogP contribution in [0.5, 0.6) is 11.5 Å². The molecule has 0 aliphatic carbocycles. The van der Waals surface area contributed by atoms with Crippen molar-refractivity contribution in [3.05, 3.63) is 120 Å². The predicted octanol–water partition coefficient (Wildman–Crippen LogP) is 7.30. The molecule has 37 heavy (non-hydrogen) atoms. The lowest BCUT2D eigenvalue weighted by molar-refractivity contribution is 0.0718. The van der Waals surface area contributed by atoms with Gasteiger partial charge in [-0.1, -0.05) is 83.5 Å². The minimum Gasteiger partial charge on any atom is -0.493 e. The van der Waals surface area contributed by atoms with E-state index in [1.54, 1.807) is 24.4 Å². The zero-order valence-electron chi connectivity index (χ0n) is 20.4. The number of hydrogen-bond acceptors (Lipinski definition) is 6. The number of para-hydroxylation sites is 1. The molecule has 0 aliphatic rings. The highest BCUT2D eigenvalue weighted by Crippen LogP contribution is 2.32. The number of nitrogens with zero attached hydrogens (tertiary/aromatic N) is 2. The van der Waals surface area contributed by atoms with Crippen molar-refractivity contribution < 1.29 is 18.8 Å². The molecule has 6 nitrogen and oxygen atoms in total. The van der Waals surface area contributed by atoms with Crippen molar-refractivity contribution in [1.82, 2.24) is 5.16 Å². The third-order valence-corrected chi connectivity index (χ3v) is 5.81. The Hall–Kier alpha value is -4.97. The van der Waals surface area contributed by atoms with Gasteiger partial charge in [0.2, 0.25) is 0 Å². The minimum absolute atomic E-state index is 0.0564. The standard InChI is InChI=1S/C31H24N2O4/c1-21-11-13-24(14-12-21)29-19-27(33-37-29)31(34)36-30-25(9-6-10-28(30)35-2)20-32-26-17-15-23(16-18-26)22-7-4-3-5-8-22/h3-20H,1-2H3. The molecule has 0 saturated heterocycles. The Morgan fingerprint density at radius 2 is 1.54 bits per heavy atom. The molecule has 4 aromatic carbocycles. The zero-order chi connectivity index (χ0) is 25.6. The van der Waals surface area contributed by atoms with Crippen LogP contribution in [-0.4, -0.2) is 24.5 Å². The van der Waals surface area contributed by atoms with Gasteiger partial charge in [0.25, 0.3) is 0 Å². The number of aryl methyl sites for hydroxylation is 1. The molecule has 0 aliphatic heterocycles. The number of esters is 1. The second kappa shape index (κ2) is 10.7. The topological polar surface area (TPSA) is 73.9 Å². The molecule has 0 amide bonds. The van der Waals surface area contributed by atoms with E-state index >= 15 is 0 Å². The van der Waals surface area contributed by atoms with Gasteiger partial charge in [-0.15, -0.1) is 0 Å². The van der Waals surface area contributed by atoms with Crippen molar-refractivity contribution in [3.8, 4) is 33.9 Å². The van der Waals surface area contributed by atoms with E-state index in [-0.39, 0.29) is 11.4 Å². The van der Waals surface area contributed by atoms with E-state index in [4.69, 9.17) is 14.0 Å². The molecule has 0 unspecified atom stereocenters. The lowest BCUT2D eigenvalue weighted by atomic mass is 10.1. The maximum absolute atomic E-state index is 12.9. The van der Waals surface area contributed by atoms with E-state index in [2.05, 4.69) is 22.3 Å². The van der Waals surface area contributed by atoms with E-state index in [9.17, 15) is 4.79 Å². The van der Waals surface area contributed by atoms with E-state index in [1.165, 1.54) is 7.11 Å². The number of aromatic nitrogens is 1. The first-order valence-electron chi connectivity index (χ1n) is 11.7. The minimum atomic E-state index is -0.659. The van der Waals surface area contributed by atoms with Crippen LogP contribution in [0.4, 0.5) is 5.69 Å². The van der Waals surface area contributed by atoms with E-state index in [1.807, 2.05) is 79.7 Å². The Morgan fingerprint density at radius 3 is 2.27 bits per heavy atom. The number of hydrogen-bond donors (Lipinski definition) is 0. The van der Waals surface area contributed by atoms with Crippen molar-refractivity contribution >= 4 is 17.9 Å². The zero-order valence-corrected chi connectivity index (χ0v) is 20.4. The molecule has 6 heteroatoms. The second-order valence-corrected chi connectivity index (χ2v) is 8.38. The van der Waals surface area contributed by atoms with Crippen LogP contribution in [0, 0.1) is 6.92 Å². The molecule has 182 valence electrons. The number of carbonyl (C=O) groups is 1. The van der Waals surface area contributed by atoms with Crippen molar-refractivity contribution in [2.24, 2.45) is 4.99 Å². The van der Waals surface area contributed by atoms with E-state index in [0.29, 0.717) is 17.1 Å². The molecule has 5 aromatic rings. The SMILES string of the molecule is COc1cccc(C=Nc2ccc(-c3ccccc3)cc2)c1OC(=O)c1cc(-c2ccc(C)cc2)on1. The smallest absolute Gasteiger partial charge is 0.366 e. The van der Waals surface area contributed by atoms with E-state index < -0.39 is 5.97 Å². The summed E-state index contributed by atoms with van der Waals surface area (Å²) in [5, 5.41) is 3.90. The fraction of sp³-hybridized carbons (Fsp3) is 0.0645. The molecule has 1 heterocycles. The summed E-state index contributed by atoms with van der Waals surface area (Å²) in [4.78, 5) is 17.5. The Labute approximate surface area is 214 Å². The summed E-state index contributed by atoms with van der Waals surface area (Å²) in [6.45, 7) is 2.00. The van der Waals surface area contributed by atoms with E-state index in [0.717, 1.165) is 27.9 Å². The summed E-state index contributed by atoms with van der Waals surface area (Å²) >= 11 is 0. The van der Waals surface area contributed by atoms with Gasteiger partial charge in [-0.3, -0.25) is 4.99 Å². The number of benzene rings is 4. The van der Waals surface area contributed by atoms with Gasteiger partial charge in [0.1, 0.15) is 0 Å². The molecule has 5 rings (SSSR count). The Morgan fingerprint density at radius 1 is 0.838 bits per heavy atom. The normalized spacial score (nSPS) is 11.0. The van der Waals surface area contributed by atoms with Crippen molar-refractivity contribution in [2.45, 2.75) is 6.92 Å². The van der Waals surface area contributed by atoms with Gasteiger partial charge in [-0.05, 0) is 42.3 Å². The maximum atomic E-state index is 12.9. The van der Waals surface area contributed by atoms with Gasteiger partial charge in [-0.2, -0.15) is 0 Å². The molecule has 1 aromatic heterocycles. The summed E-state index contributed by atoms with van der Waals surface area (Å²) in [7, 11) is 1.52. The van der Waals surface area contributed by atoms with Gasteiger partial charge in [0.15, 0.2) is 23.0 Å². The number of aliphatic imine (C=N–C) groups is 1. The largest absolute Gasteiger partial charge is 0.493 e. The van der Waals surface area contributed by atoms with Gasteiger partial charge in [0.05, 0.1) is 12.8 Å². The highest BCUT2D eigenvalue weighted by molar-refractivity contribution is 5.93. The van der Waals surface area contributed by atoms with Crippen molar-refractivity contribution in [1.29, 1.82) is 0 Å². The first-order valence-corrected chi connectivity index (χ1v) is 11.7. The van der Waals surface area contributed by atoms with Crippen LogP contribution in [0.25, 0.3) is 22.5 Å². The summed E-state index contributed by atoms with van der Waals surface area (Å²) < 4.78 is 16.5. The van der Waals surface area contributed by atoms with Crippen LogP contribution in [0.2, 0.25) is 0 Å². The first-order chi connectivity index (χ1) is 18.1. The number of carbonyl (C=O) groups excluding carboxylic acids is 1. The second-order valence-electron chi connectivity index (χ2n) is 8.38.